The molecule has 0 saturated heterocycles. The molecule has 158 valence electrons. The van der Waals surface area contributed by atoms with Gasteiger partial charge in [0, 0.05) is 6.42 Å². The summed E-state index contributed by atoms with van der Waals surface area (Å²) < 4.78 is 2.57. The largest absolute Gasteiger partial charge is 0.480 e. The van der Waals surface area contributed by atoms with Crippen LogP contribution in [-0.4, -0.2) is 40.4 Å². The van der Waals surface area contributed by atoms with Crippen LogP contribution in [0.1, 0.15) is 17.3 Å². The van der Waals surface area contributed by atoms with Crippen molar-refractivity contribution in [2.24, 2.45) is 0 Å². The van der Waals surface area contributed by atoms with E-state index in [0.717, 1.165) is 27.0 Å². The molecule has 5 aromatic rings. The number of aromatic nitrogens is 6. The van der Waals surface area contributed by atoms with E-state index in [2.05, 4.69) is 20.3 Å². The molecule has 3 aromatic heterocycles. The van der Waals surface area contributed by atoms with Crippen LogP contribution < -0.4 is 5.56 Å². The number of hydrogen-bond donors (Lipinski definition) is 1. The fourth-order valence-electron chi connectivity index (χ4n) is 3.85. The Morgan fingerprint density at radius 2 is 1.69 bits per heavy atom. The molecule has 0 spiro atoms. The number of aryl methyl sites for hydroxylation is 1. The van der Waals surface area contributed by atoms with Gasteiger partial charge in [0.1, 0.15) is 12.4 Å². The topological polar surface area (TPSA) is 115 Å². The van der Waals surface area contributed by atoms with E-state index in [1.54, 1.807) is 0 Å². The highest BCUT2D eigenvalue weighted by atomic mass is 16.4. The third kappa shape index (κ3) is 3.20. The molecule has 9 heteroatoms. The summed E-state index contributed by atoms with van der Waals surface area (Å²) in [5.74, 6) is -1.13. The van der Waals surface area contributed by atoms with Gasteiger partial charge in [-0.25, -0.2) is 9.78 Å². The van der Waals surface area contributed by atoms with Gasteiger partial charge in [0.15, 0.2) is 16.8 Å². The number of rotatable bonds is 5. The molecule has 1 unspecified atom stereocenters. The molecular formula is C23H18N6O3. The molecule has 0 aliphatic carbocycles. The van der Waals surface area contributed by atoms with Crippen molar-refractivity contribution in [3.63, 3.8) is 0 Å². The van der Waals surface area contributed by atoms with Crippen molar-refractivity contribution in [2.45, 2.75) is 19.4 Å². The molecule has 0 aliphatic rings. The number of carboxylic acid groups (broad SMARTS) is 1. The summed E-state index contributed by atoms with van der Waals surface area (Å²) in [6.45, 7) is 1.85. The summed E-state index contributed by atoms with van der Waals surface area (Å²) in [6, 6.07) is 17.6. The van der Waals surface area contributed by atoms with E-state index in [0.29, 0.717) is 5.65 Å². The Bertz CT molecular complexity index is 1510. The molecule has 2 aromatic carbocycles. The summed E-state index contributed by atoms with van der Waals surface area (Å²) in [5.41, 5.74) is 3.33. The standard InChI is InChI=1S/C23H18N6O3/c1-14-18(16-10-6-3-7-11-16)20-26-25-19-21(29(20)27-14)24-13-28(22(19)30)17(23(31)32)12-15-8-4-2-5-9-15/h2-11,13,17H,12H2,1H3,(H,31,32). The molecule has 0 radical (unpaired) electrons. The Labute approximate surface area is 181 Å². The van der Waals surface area contributed by atoms with E-state index in [9.17, 15) is 14.7 Å². The van der Waals surface area contributed by atoms with Crippen LogP contribution in [-0.2, 0) is 11.2 Å². The third-order valence-corrected chi connectivity index (χ3v) is 5.39. The lowest BCUT2D eigenvalue weighted by atomic mass is 10.1. The van der Waals surface area contributed by atoms with Crippen LogP contribution in [0.4, 0.5) is 0 Å². The smallest absolute Gasteiger partial charge is 0.327 e. The highest BCUT2D eigenvalue weighted by molar-refractivity contribution is 5.83. The maximum Gasteiger partial charge on any atom is 0.327 e. The number of carboxylic acids is 1. The van der Waals surface area contributed by atoms with Crippen LogP contribution in [0.5, 0.6) is 0 Å². The van der Waals surface area contributed by atoms with Gasteiger partial charge in [-0.2, -0.15) is 9.61 Å². The normalized spacial score (nSPS) is 12.3. The first-order valence-electron chi connectivity index (χ1n) is 9.99. The second-order valence-corrected chi connectivity index (χ2v) is 7.43. The Balaban J connectivity index is 1.67. The molecule has 3 heterocycles. The second-order valence-electron chi connectivity index (χ2n) is 7.43. The van der Waals surface area contributed by atoms with Gasteiger partial charge >= 0.3 is 5.97 Å². The molecule has 1 atom stereocenters. The lowest BCUT2D eigenvalue weighted by molar-refractivity contribution is -0.141. The van der Waals surface area contributed by atoms with Crippen molar-refractivity contribution in [3.8, 4) is 11.1 Å². The van der Waals surface area contributed by atoms with E-state index in [4.69, 9.17) is 0 Å². The molecular weight excluding hydrogens is 408 g/mol. The minimum absolute atomic E-state index is 0.0403. The Hall–Kier alpha value is -4.40. The van der Waals surface area contributed by atoms with Gasteiger partial charge in [-0.15, -0.1) is 10.2 Å². The van der Waals surface area contributed by atoms with Crippen molar-refractivity contribution < 1.29 is 9.90 Å². The number of nitrogens with zero attached hydrogens (tertiary/aromatic N) is 6. The quantitative estimate of drug-likeness (QED) is 0.459. The Morgan fingerprint density at radius 1 is 1.00 bits per heavy atom. The fourth-order valence-corrected chi connectivity index (χ4v) is 3.85. The van der Waals surface area contributed by atoms with Gasteiger partial charge in [-0.1, -0.05) is 60.7 Å². The first-order chi connectivity index (χ1) is 15.5. The zero-order chi connectivity index (χ0) is 22.2. The SMILES string of the molecule is Cc1nn2c(nnc3c(=O)n(C(Cc4ccccc4)C(=O)O)cnc32)c1-c1ccccc1. The Kier molecular flexibility index (Phi) is 4.70. The van der Waals surface area contributed by atoms with Crippen LogP contribution in [0.2, 0.25) is 0 Å². The summed E-state index contributed by atoms with van der Waals surface area (Å²) in [7, 11) is 0. The first-order valence-corrected chi connectivity index (χ1v) is 9.99. The minimum Gasteiger partial charge on any atom is -0.480 e. The number of aliphatic carboxylic acids is 1. The van der Waals surface area contributed by atoms with E-state index in [1.807, 2.05) is 67.6 Å². The van der Waals surface area contributed by atoms with Crippen LogP contribution >= 0.6 is 0 Å². The summed E-state index contributed by atoms with van der Waals surface area (Å²) >= 11 is 0. The molecule has 32 heavy (non-hydrogen) atoms. The van der Waals surface area contributed by atoms with Gasteiger partial charge in [-0.05, 0) is 18.1 Å². The molecule has 0 bridgehead atoms. The lowest BCUT2D eigenvalue weighted by Crippen LogP contribution is -2.32. The van der Waals surface area contributed by atoms with Gasteiger partial charge in [-0.3, -0.25) is 9.36 Å². The van der Waals surface area contributed by atoms with E-state index in [1.165, 1.54) is 10.8 Å². The zero-order valence-corrected chi connectivity index (χ0v) is 17.1. The number of hydrogen-bond acceptors (Lipinski definition) is 6. The predicted octanol–water partition coefficient (Wildman–Crippen LogP) is 2.68. The third-order valence-electron chi connectivity index (χ3n) is 5.39. The van der Waals surface area contributed by atoms with Crippen LogP contribution in [0.15, 0.2) is 71.8 Å². The maximum absolute atomic E-state index is 13.2. The number of carbonyl (C=O) groups is 1. The molecule has 0 amide bonds. The molecule has 9 nitrogen and oxygen atoms in total. The van der Waals surface area contributed by atoms with Crippen LogP contribution in [0.3, 0.4) is 0 Å². The van der Waals surface area contributed by atoms with Gasteiger partial charge in [0.25, 0.3) is 5.56 Å². The van der Waals surface area contributed by atoms with Crippen molar-refractivity contribution in [3.05, 3.63) is 88.6 Å². The maximum atomic E-state index is 13.2. The van der Waals surface area contributed by atoms with Gasteiger partial charge in [0.05, 0.1) is 11.3 Å². The Morgan fingerprint density at radius 3 is 2.38 bits per heavy atom. The fraction of sp³-hybridized carbons (Fsp3) is 0.130. The number of fused-ring (bicyclic) bond motifs is 3. The van der Waals surface area contributed by atoms with Crippen LogP contribution in [0, 0.1) is 6.92 Å². The first kappa shape index (κ1) is 19.6. The molecule has 1 N–H and O–H groups in total. The van der Waals surface area contributed by atoms with Crippen LogP contribution in [0.25, 0.3) is 27.9 Å². The average molecular weight is 426 g/mol. The van der Waals surface area contributed by atoms with E-state index in [-0.39, 0.29) is 17.6 Å². The zero-order valence-electron chi connectivity index (χ0n) is 17.1. The second kappa shape index (κ2) is 7.69. The van der Waals surface area contributed by atoms with Crippen molar-refractivity contribution in [1.82, 2.24) is 29.4 Å². The van der Waals surface area contributed by atoms with Gasteiger partial charge in [0.2, 0.25) is 0 Å². The number of benzene rings is 2. The van der Waals surface area contributed by atoms with Crippen molar-refractivity contribution in [2.75, 3.05) is 0 Å². The molecule has 0 saturated carbocycles. The van der Waals surface area contributed by atoms with Gasteiger partial charge < -0.3 is 5.11 Å². The molecule has 0 aliphatic heterocycles. The molecule has 5 rings (SSSR count). The van der Waals surface area contributed by atoms with E-state index < -0.39 is 17.6 Å². The molecule has 0 fully saturated rings. The van der Waals surface area contributed by atoms with E-state index >= 15 is 0 Å². The monoisotopic (exact) mass is 426 g/mol. The summed E-state index contributed by atoms with van der Waals surface area (Å²) in [6.07, 6.45) is 1.38. The predicted molar refractivity (Wildman–Crippen MR) is 117 cm³/mol. The highest BCUT2D eigenvalue weighted by Gasteiger charge is 2.24. The minimum atomic E-state index is -1.13. The van der Waals surface area contributed by atoms with Crippen molar-refractivity contribution >= 4 is 22.8 Å². The highest BCUT2D eigenvalue weighted by Crippen LogP contribution is 2.27. The summed E-state index contributed by atoms with van der Waals surface area (Å²) in [4.78, 5) is 29.5. The van der Waals surface area contributed by atoms with Crippen molar-refractivity contribution in [1.29, 1.82) is 0 Å². The lowest BCUT2D eigenvalue weighted by Gasteiger charge is -2.15. The average Bonchev–Trinajstić information content (AvgIpc) is 3.15. The summed E-state index contributed by atoms with van der Waals surface area (Å²) in [5, 5.41) is 22.7.